The van der Waals surface area contributed by atoms with E-state index < -0.39 is 0 Å². The molecule has 4 nitrogen and oxygen atoms in total. The summed E-state index contributed by atoms with van der Waals surface area (Å²) in [6.07, 6.45) is 0.310. The fourth-order valence-corrected chi connectivity index (χ4v) is 2.36. The van der Waals surface area contributed by atoms with Gasteiger partial charge in [-0.25, -0.2) is 0 Å². The number of rotatable bonds is 8. The second-order valence-electron chi connectivity index (χ2n) is 5.53. The van der Waals surface area contributed by atoms with Gasteiger partial charge in [0.15, 0.2) is 11.5 Å². The van der Waals surface area contributed by atoms with Crippen molar-refractivity contribution < 1.29 is 14.3 Å². The molecule has 0 aromatic heterocycles. The summed E-state index contributed by atoms with van der Waals surface area (Å²) in [4.78, 5) is 12.2. The van der Waals surface area contributed by atoms with E-state index in [4.69, 9.17) is 9.47 Å². The molecule has 22 heavy (non-hydrogen) atoms. The molecule has 1 aromatic carbocycles. The summed E-state index contributed by atoms with van der Waals surface area (Å²) in [6, 6.07) is 3.89. The van der Waals surface area contributed by atoms with Crippen LogP contribution >= 0.6 is 15.9 Å². The molecule has 1 atom stereocenters. The van der Waals surface area contributed by atoms with Gasteiger partial charge in [0.25, 0.3) is 0 Å². The van der Waals surface area contributed by atoms with Crippen LogP contribution in [0.4, 0.5) is 0 Å². The maximum absolute atomic E-state index is 12.2. The predicted octanol–water partition coefficient (Wildman–Crippen LogP) is 3.95. The first kappa shape index (κ1) is 18.8. The molecule has 0 radical (unpaired) electrons. The number of benzene rings is 1. The topological polar surface area (TPSA) is 47.6 Å². The predicted molar refractivity (Wildman–Crippen MR) is 92.6 cm³/mol. The van der Waals surface area contributed by atoms with Crippen molar-refractivity contribution in [1.29, 1.82) is 0 Å². The molecule has 1 aromatic rings. The van der Waals surface area contributed by atoms with Gasteiger partial charge >= 0.3 is 0 Å². The van der Waals surface area contributed by atoms with Gasteiger partial charge in [0.05, 0.1) is 19.6 Å². The van der Waals surface area contributed by atoms with Gasteiger partial charge in [0.1, 0.15) is 0 Å². The minimum atomic E-state index is 0.00788. The highest BCUT2D eigenvalue weighted by atomic mass is 79.9. The fourth-order valence-electron chi connectivity index (χ4n) is 1.89. The molecule has 1 N–H and O–H groups in total. The van der Waals surface area contributed by atoms with E-state index in [0.29, 0.717) is 37.1 Å². The minimum Gasteiger partial charge on any atom is -0.490 e. The summed E-state index contributed by atoms with van der Waals surface area (Å²) in [7, 11) is 0. The molecule has 1 rings (SSSR count). The standard InChI is InChI=1S/C17H26BrNO3/c1-6-21-15-8-13(14(18)10-16(15)22-7-2)9-17(20)19-12(5)11(3)4/h8,10-12H,6-7,9H2,1-5H3,(H,19,20)/t12-/m1/s1. The molecule has 0 bridgehead atoms. The van der Waals surface area contributed by atoms with Gasteiger partial charge in [-0.05, 0) is 44.4 Å². The van der Waals surface area contributed by atoms with E-state index in [1.807, 2.05) is 32.9 Å². The third kappa shape index (κ3) is 5.52. The molecule has 0 fully saturated rings. The molecular weight excluding hydrogens is 346 g/mol. The van der Waals surface area contributed by atoms with Gasteiger partial charge in [-0.2, -0.15) is 0 Å². The third-order valence-corrected chi connectivity index (χ3v) is 4.19. The van der Waals surface area contributed by atoms with Gasteiger partial charge < -0.3 is 14.8 Å². The number of hydrogen-bond donors (Lipinski definition) is 1. The van der Waals surface area contributed by atoms with Crippen LogP contribution < -0.4 is 14.8 Å². The second kappa shape index (κ2) is 9.03. The Hall–Kier alpha value is -1.23. The van der Waals surface area contributed by atoms with E-state index in [2.05, 4.69) is 35.1 Å². The number of halogens is 1. The Labute approximate surface area is 141 Å². The van der Waals surface area contributed by atoms with Crippen LogP contribution in [0, 0.1) is 5.92 Å². The smallest absolute Gasteiger partial charge is 0.224 e. The molecule has 1 amide bonds. The zero-order valence-corrected chi connectivity index (χ0v) is 15.6. The van der Waals surface area contributed by atoms with Crippen LogP contribution in [0.25, 0.3) is 0 Å². The first-order valence-corrected chi connectivity index (χ1v) is 8.55. The van der Waals surface area contributed by atoms with Gasteiger partial charge in [0.2, 0.25) is 5.91 Å². The third-order valence-electron chi connectivity index (χ3n) is 3.45. The van der Waals surface area contributed by atoms with E-state index >= 15 is 0 Å². The van der Waals surface area contributed by atoms with E-state index in [9.17, 15) is 4.79 Å². The van der Waals surface area contributed by atoms with Crippen LogP contribution in [0.15, 0.2) is 16.6 Å². The lowest BCUT2D eigenvalue weighted by Gasteiger charge is -2.18. The number of carbonyl (C=O) groups excluding carboxylic acids is 1. The first-order chi connectivity index (χ1) is 10.4. The van der Waals surface area contributed by atoms with Crippen molar-refractivity contribution in [2.75, 3.05) is 13.2 Å². The normalized spacial score (nSPS) is 12.1. The number of carbonyl (C=O) groups is 1. The molecule has 0 aliphatic heterocycles. The lowest BCUT2D eigenvalue weighted by molar-refractivity contribution is -0.121. The lowest BCUT2D eigenvalue weighted by Crippen LogP contribution is -2.37. The van der Waals surface area contributed by atoms with Crippen molar-refractivity contribution in [1.82, 2.24) is 5.32 Å². The summed E-state index contributed by atoms with van der Waals surface area (Å²) >= 11 is 3.51. The maximum Gasteiger partial charge on any atom is 0.224 e. The molecule has 0 saturated heterocycles. The van der Waals surface area contributed by atoms with Gasteiger partial charge in [-0.3, -0.25) is 4.79 Å². The van der Waals surface area contributed by atoms with Crippen LogP contribution in [0.3, 0.4) is 0 Å². The highest BCUT2D eigenvalue weighted by molar-refractivity contribution is 9.10. The average Bonchev–Trinajstić information content (AvgIpc) is 2.44. The Kier molecular flexibility index (Phi) is 7.73. The minimum absolute atomic E-state index is 0.00788. The van der Waals surface area contributed by atoms with Crippen molar-refractivity contribution in [3.63, 3.8) is 0 Å². The monoisotopic (exact) mass is 371 g/mol. The summed E-state index contributed by atoms with van der Waals surface area (Å²) in [5.41, 5.74) is 0.889. The Morgan fingerprint density at radius 2 is 1.68 bits per heavy atom. The Bertz CT molecular complexity index is 503. The SMILES string of the molecule is CCOc1cc(Br)c(CC(=O)N[C@H](C)C(C)C)cc1OCC. The summed E-state index contributed by atoms with van der Waals surface area (Å²) in [5.74, 6) is 1.78. The van der Waals surface area contributed by atoms with Gasteiger partial charge in [-0.1, -0.05) is 29.8 Å². The molecule has 124 valence electrons. The van der Waals surface area contributed by atoms with Crippen LogP contribution in [-0.2, 0) is 11.2 Å². The van der Waals surface area contributed by atoms with E-state index in [1.165, 1.54) is 0 Å². The fraction of sp³-hybridized carbons (Fsp3) is 0.588. The molecule has 0 saturated carbocycles. The average molecular weight is 372 g/mol. The van der Waals surface area contributed by atoms with E-state index in [0.717, 1.165) is 10.0 Å². The number of nitrogens with one attached hydrogen (secondary N) is 1. The first-order valence-electron chi connectivity index (χ1n) is 7.76. The summed E-state index contributed by atoms with van der Waals surface area (Å²) in [5, 5.41) is 3.01. The van der Waals surface area contributed by atoms with Crippen LogP contribution in [0.5, 0.6) is 11.5 Å². The van der Waals surface area contributed by atoms with Crippen LogP contribution in [-0.4, -0.2) is 25.2 Å². The zero-order valence-electron chi connectivity index (χ0n) is 14.0. The van der Waals surface area contributed by atoms with Crippen molar-refractivity contribution in [2.24, 2.45) is 5.92 Å². The molecule has 5 heteroatoms. The number of hydrogen-bond acceptors (Lipinski definition) is 3. The second-order valence-corrected chi connectivity index (χ2v) is 6.39. The molecular formula is C17H26BrNO3. The molecule has 0 unspecified atom stereocenters. The van der Waals surface area contributed by atoms with Crippen molar-refractivity contribution >= 4 is 21.8 Å². The largest absolute Gasteiger partial charge is 0.490 e. The van der Waals surface area contributed by atoms with E-state index in [-0.39, 0.29) is 11.9 Å². The maximum atomic E-state index is 12.2. The lowest BCUT2D eigenvalue weighted by atomic mass is 10.1. The van der Waals surface area contributed by atoms with Gasteiger partial charge in [-0.15, -0.1) is 0 Å². The highest BCUT2D eigenvalue weighted by Crippen LogP contribution is 2.34. The van der Waals surface area contributed by atoms with Crippen molar-refractivity contribution in [2.45, 2.75) is 47.1 Å². The Morgan fingerprint density at radius 3 is 2.18 bits per heavy atom. The van der Waals surface area contributed by atoms with Crippen molar-refractivity contribution in [3.05, 3.63) is 22.2 Å². The van der Waals surface area contributed by atoms with Crippen LogP contribution in [0.1, 0.15) is 40.2 Å². The molecule has 0 spiro atoms. The molecule has 0 heterocycles. The summed E-state index contributed by atoms with van der Waals surface area (Å²) < 4.78 is 12.0. The number of amides is 1. The summed E-state index contributed by atoms with van der Waals surface area (Å²) in [6.45, 7) is 11.2. The van der Waals surface area contributed by atoms with E-state index in [1.54, 1.807) is 0 Å². The molecule has 0 aliphatic carbocycles. The zero-order chi connectivity index (χ0) is 16.7. The number of ether oxygens (including phenoxy) is 2. The van der Waals surface area contributed by atoms with Crippen molar-refractivity contribution in [3.8, 4) is 11.5 Å². The Morgan fingerprint density at radius 1 is 1.14 bits per heavy atom. The van der Waals surface area contributed by atoms with Crippen LogP contribution in [0.2, 0.25) is 0 Å². The molecule has 0 aliphatic rings. The highest BCUT2D eigenvalue weighted by Gasteiger charge is 2.15. The quantitative estimate of drug-likeness (QED) is 0.752. The van der Waals surface area contributed by atoms with Gasteiger partial charge in [0, 0.05) is 10.5 Å². The Balaban J connectivity index is 2.90.